The number of benzene rings is 1. The molecule has 1 aromatic carbocycles. The molecule has 0 spiro atoms. The maximum atomic E-state index is 13.8. The molecule has 0 aliphatic carbocycles. The molecule has 3 heteroatoms. The molecule has 0 unspecified atom stereocenters. The second-order valence-corrected chi connectivity index (χ2v) is 4.63. The van der Waals surface area contributed by atoms with Gasteiger partial charge in [0.25, 0.3) is 0 Å². The molecule has 0 aromatic heterocycles. The Hall–Kier alpha value is -1.35. The van der Waals surface area contributed by atoms with Gasteiger partial charge in [-0.2, -0.15) is 0 Å². The van der Waals surface area contributed by atoms with Crippen molar-refractivity contribution in [2.24, 2.45) is 0 Å². The molecule has 0 fully saturated rings. The van der Waals surface area contributed by atoms with Crippen LogP contribution >= 0.6 is 0 Å². The van der Waals surface area contributed by atoms with E-state index in [0.29, 0.717) is 17.4 Å². The Labute approximate surface area is 109 Å². The van der Waals surface area contributed by atoms with Crippen LogP contribution in [0.5, 0.6) is 5.75 Å². The van der Waals surface area contributed by atoms with E-state index in [9.17, 15) is 4.39 Å². The van der Waals surface area contributed by atoms with E-state index in [1.165, 1.54) is 13.2 Å². The van der Waals surface area contributed by atoms with E-state index >= 15 is 0 Å². The Morgan fingerprint density at radius 1 is 1.44 bits per heavy atom. The summed E-state index contributed by atoms with van der Waals surface area (Å²) in [5.74, 6) is 0.311. The normalized spacial score (nSPS) is 12.0. The summed E-state index contributed by atoms with van der Waals surface area (Å²) < 4.78 is 18.8. The van der Waals surface area contributed by atoms with Crippen LogP contribution < -0.4 is 10.1 Å². The number of methoxy groups -OCH3 is 1. The molecule has 0 saturated carbocycles. The van der Waals surface area contributed by atoms with Gasteiger partial charge in [-0.1, -0.05) is 19.9 Å². The molecule has 0 radical (unpaired) electrons. The second kappa shape index (κ2) is 7.17. The average molecular weight is 251 g/mol. The third kappa shape index (κ3) is 4.49. The first kappa shape index (κ1) is 14.7. The highest BCUT2D eigenvalue weighted by atomic mass is 19.1. The molecule has 0 amide bonds. The molecule has 18 heavy (non-hydrogen) atoms. The number of ether oxygens (including phenoxy) is 1. The van der Waals surface area contributed by atoms with Gasteiger partial charge in [0.05, 0.1) is 7.11 Å². The summed E-state index contributed by atoms with van der Waals surface area (Å²) in [4.78, 5) is 0. The van der Waals surface area contributed by atoms with E-state index in [-0.39, 0.29) is 5.82 Å². The van der Waals surface area contributed by atoms with Crippen LogP contribution in [0.3, 0.4) is 0 Å². The van der Waals surface area contributed by atoms with E-state index in [0.717, 1.165) is 18.5 Å². The minimum Gasteiger partial charge on any atom is -0.497 e. The predicted molar refractivity (Wildman–Crippen MR) is 74.4 cm³/mol. The lowest BCUT2D eigenvalue weighted by Crippen LogP contribution is -2.23. The summed E-state index contributed by atoms with van der Waals surface area (Å²) >= 11 is 0. The van der Waals surface area contributed by atoms with Crippen LogP contribution in [0.2, 0.25) is 0 Å². The first-order valence-corrected chi connectivity index (χ1v) is 6.28. The van der Waals surface area contributed by atoms with Crippen LogP contribution in [0.25, 0.3) is 5.57 Å². The quantitative estimate of drug-likeness (QED) is 0.780. The van der Waals surface area contributed by atoms with Crippen molar-refractivity contribution in [3.63, 3.8) is 0 Å². The standard InChI is InChI=1S/C15H22FNO/c1-11(2)17-9-5-6-12(3)14-8-7-13(18-4)10-15(14)16/h6-8,10-11,17H,5,9H2,1-4H3/b12-6+. The van der Waals surface area contributed by atoms with Crippen molar-refractivity contribution in [2.75, 3.05) is 13.7 Å². The highest BCUT2D eigenvalue weighted by Gasteiger charge is 2.05. The molecule has 2 nitrogen and oxygen atoms in total. The van der Waals surface area contributed by atoms with Gasteiger partial charge in [-0.05, 0) is 37.6 Å². The topological polar surface area (TPSA) is 21.3 Å². The fourth-order valence-corrected chi connectivity index (χ4v) is 1.71. The molecule has 100 valence electrons. The Kier molecular flexibility index (Phi) is 5.86. The van der Waals surface area contributed by atoms with Crippen molar-refractivity contribution in [1.82, 2.24) is 5.32 Å². The predicted octanol–water partition coefficient (Wildman–Crippen LogP) is 3.63. The zero-order valence-corrected chi connectivity index (χ0v) is 11.6. The van der Waals surface area contributed by atoms with Gasteiger partial charge in [-0.25, -0.2) is 4.39 Å². The van der Waals surface area contributed by atoms with E-state index < -0.39 is 0 Å². The van der Waals surface area contributed by atoms with E-state index in [2.05, 4.69) is 25.2 Å². The number of hydrogen-bond acceptors (Lipinski definition) is 2. The molecular formula is C15H22FNO. The SMILES string of the molecule is COc1ccc(/C(C)=C/CCNC(C)C)c(F)c1. The Bertz CT molecular complexity index is 413. The lowest BCUT2D eigenvalue weighted by atomic mass is 10.1. The molecule has 0 atom stereocenters. The van der Waals surface area contributed by atoms with Gasteiger partial charge < -0.3 is 10.1 Å². The minimum absolute atomic E-state index is 0.236. The molecule has 0 aliphatic heterocycles. The van der Waals surface area contributed by atoms with Gasteiger partial charge >= 0.3 is 0 Å². The Morgan fingerprint density at radius 2 is 2.17 bits per heavy atom. The van der Waals surface area contributed by atoms with Crippen molar-refractivity contribution < 1.29 is 9.13 Å². The molecule has 0 aliphatic rings. The van der Waals surface area contributed by atoms with Gasteiger partial charge in [-0.3, -0.25) is 0 Å². The maximum absolute atomic E-state index is 13.8. The first-order chi connectivity index (χ1) is 8.54. The first-order valence-electron chi connectivity index (χ1n) is 6.28. The maximum Gasteiger partial charge on any atom is 0.134 e. The van der Waals surface area contributed by atoms with Crippen LogP contribution in [-0.2, 0) is 0 Å². The molecule has 1 aromatic rings. The minimum atomic E-state index is -0.236. The van der Waals surface area contributed by atoms with Crippen molar-refractivity contribution in [3.05, 3.63) is 35.7 Å². The van der Waals surface area contributed by atoms with Crippen LogP contribution in [0.15, 0.2) is 24.3 Å². The molecule has 0 bridgehead atoms. The van der Waals surface area contributed by atoms with Crippen LogP contribution in [-0.4, -0.2) is 19.7 Å². The highest BCUT2D eigenvalue weighted by molar-refractivity contribution is 5.64. The summed E-state index contributed by atoms with van der Waals surface area (Å²) in [6.45, 7) is 7.06. The van der Waals surface area contributed by atoms with E-state index in [4.69, 9.17) is 4.74 Å². The summed E-state index contributed by atoms with van der Waals surface area (Å²) in [6.07, 6.45) is 2.95. The summed E-state index contributed by atoms with van der Waals surface area (Å²) in [5, 5.41) is 3.33. The number of halogens is 1. The zero-order chi connectivity index (χ0) is 13.5. The molecule has 0 heterocycles. The number of rotatable bonds is 6. The third-order valence-electron chi connectivity index (χ3n) is 2.75. The number of hydrogen-bond donors (Lipinski definition) is 1. The van der Waals surface area contributed by atoms with E-state index in [1.54, 1.807) is 12.1 Å². The molecule has 1 rings (SSSR count). The summed E-state index contributed by atoms with van der Waals surface area (Å²) in [7, 11) is 1.54. The summed E-state index contributed by atoms with van der Waals surface area (Å²) in [6, 6.07) is 5.44. The molecular weight excluding hydrogens is 229 g/mol. The monoisotopic (exact) mass is 251 g/mol. The van der Waals surface area contributed by atoms with Crippen LogP contribution in [0, 0.1) is 5.82 Å². The fourth-order valence-electron chi connectivity index (χ4n) is 1.71. The van der Waals surface area contributed by atoms with Crippen molar-refractivity contribution in [3.8, 4) is 5.75 Å². The molecule has 0 saturated heterocycles. The van der Waals surface area contributed by atoms with Gasteiger partial charge in [0.2, 0.25) is 0 Å². The third-order valence-corrected chi connectivity index (χ3v) is 2.75. The van der Waals surface area contributed by atoms with Gasteiger partial charge in [0.1, 0.15) is 11.6 Å². The highest BCUT2D eigenvalue weighted by Crippen LogP contribution is 2.22. The van der Waals surface area contributed by atoms with Crippen molar-refractivity contribution in [1.29, 1.82) is 0 Å². The number of allylic oxidation sites excluding steroid dienone is 1. The van der Waals surface area contributed by atoms with Crippen molar-refractivity contribution in [2.45, 2.75) is 33.2 Å². The van der Waals surface area contributed by atoms with Crippen LogP contribution in [0.1, 0.15) is 32.8 Å². The smallest absolute Gasteiger partial charge is 0.134 e. The molecule has 1 N–H and O–H groups in total. The lowest BCUT2D eigenvalue weighted by Gasteiger charge is -2.08. The van der Waals surface area contributed by atoms with E-state index in [1.807, 2.05) is 6.92 Å². The Balaban J connectivity index is 2.65. The Morgan fingerprint density at radius 3 is 2.72 bits per heavy atom. The fraction of sp³-hybridized carbons (Fsp3) is 0.467. The van der Waals surface area contributed by atoms with Gasteiger partial charge in [0.15, 0.2) is 0 Å². The largest absolute Gasteiger partial charge is 0.497 e. The van der Waals surface area contributed by atoms with Crippen molar-refractivity contribution >= 4 is 5.57 Å². The average Bonchev–Trinajstić information content (AvgIpc) is 2.33. The second-order valence-electron chi connectivity index (χ2n) is 4.63. The van der Waals surface area contributed by atoms with Gasteiger partial charge in [0, 0.05) is 17.7 Å². The summed E-state index contributed by atoms with van der Waals surface area (Å²) in [5.41, 5.74) is 1.60. The lowest BCUT2D eigenvalue weighted by molar-refractivity contribution is 0.411. The zero-order valence-electron chi connectivity index (χ0n) is 11.6. The van der Waals surface area contributed by atoms with Crippen LogP contribution in [0.4, 0.5) is 4.39 Å². The van der Waals surface area contributed by atoms with Gasteiger partial charge in [-0.15, -0.1) is 0 Å². The number of nitrogens with one attached hydrogen (secondary N) is 1.